The number of ketones is 1. The molecule has 0 atom stereocenters. The second-order valence-electron chi connectivity index (χ2n) is 5.19. The van der Waals surface area contributed by atoms with Crippen LogP contribution >= 0.6 is 11.6 Å². The third-order valence-electron chi connectivity index (χ3n) is 3.63. The highest BCUT2D eigenvalue weighted by Crippen LogP contribution is 2.18. The van der Waals surface area contributed by atoms with E-state index in [1.54, 1.807) is 43.5 Å². The number of pyridine rings is 1. The van der Waals surface area contributed by atoms with E-state index in [1.165, 1.54) is 0 Å². The van der Waals surface area contributed by atoms with Crippen molar-refractivity contribution in [3.05, 3.63) is 75.0 Å². The van der Waals surface area contributed by atoms with Gasteiger partial charge in [0.1, 0.15) is 5.75 Å². The second kappa shape index (κ2) is 6.26. The molecule has 4 nitrogen and oxygen atoms in total. The fourth-order valence-electron chi connectivity index (χ4n) is 2.40. The third kappa shape index (κ3) is 3.27. The molecule has 0 unspecified atom stereocenters. The molecule has 0 radical (unpaired) electrons. The molecule has 23 heavy (non-hydrogen) atoms. The Labute approximate surface area is 137 Å². The molecule has 1 aromatic heterocycles. The summed E-state index contributed by atoms with van der Waals surface area (Å²) in [5.74, 6) is 0.495. The molecule has 1 heterocycles. The fourth-order valence-corrected chi connectivity index (χ4v) is 2.58. The number of hydrogen-bond donors (Lipinski definition) is 1. The van der Waals surface area contributed by atoms with Crippen molar-refractivity contribution >= 4 is 28.3 Å². The number of nitrogens with one attached hydrogen (secondary N) is 1. The van der Waals surface area contributed by atoms with Gasteiger partial charge in [-0.25, -0.2) is 0 Å². The van der Waals surface area contributed by atoms with E-state index in [1.807, 2.05) is 12.1 Å². The molecule has 3 rings (SSSR count). The molecule has 0 saturated carbocycles. The Balaban J connectivity index is 1.92. The van der Waals surface area contributed by atoms with E-state index >= 15 is 0 Å². The molecule has 5 heteroatoms. The summed E-state index contributed by atoms with van der Waals surface area (Å²) in [5.41, 5.74) is 1.18. The zero-order chi connectivity index (χ0) is 16.4. The Morgan fingerprint density at radius 3 is 2.57 bits per heavy atom. The summed E-state index contributed by atoms with van der Waals surface area (Å²) < 4.78 is 5.09. The molecule has 0 aliphatic rings. The molecular formula is C18H14ClNO3. The third-order valence-corrected chi connectivity index (χ3v) is 3.87. The molecular weight excluding hydrogens is 314 g/mol. The number of aromatic nitrogens is 1. The fraction of sp³-hybridized carbons (Fsp3) is 0.111. The summed E-state index contributed by atoms with van der Waals surface area (Å²) in [4.78, 5) is 27.3. The molecule has 1 N–H and O–H groups in total. The van der Waals surface area contributed by atoms with Crippen LogP contribution in [0.1, 0.15) is 15.9 Å². The largest absolute Gasteiger partial charge is 0.497 e. The number of hydrogen-bond acceptors (Lipinski definition) is 3. The van der Waals surface area contributed by atoms with Crippen LogP contribution in [0.3, 0.4) is 0 Å². The first-order valence-corrected chi connectivity index (χ1v) is 7.43. The molecule has 0 bridgehead atoms. The minimum Gasteiger partial charge on any atom is -0.497 e. The number of benzene rings is 2. The molecule has 116 valence electrons. The predicted molar refractivity (Wildman–Crippen MR) is 90.6 cm³/mol. The van der Waals surface area contributed by atoms with Gasteiger partial charge in [-0.15, -0.1) is 0 Å². The van der Waals surface area contributed by atoms with E-state index in [-0.39, 0.29) is 17.8 Å². The number of fused-ring (bicyclic) bond motifs is 1. The smallest absolute Gasteiger partial charge is 0.259 e. The van der Waals surface area contributed by atoms with Crippen molar-refractivity contribution in [2.45, 2.75) is 6.42 Å². The maximum absolute atomic E-state index is 12.4. The topological polar surface area (TPSA) is 59.2 Å². The van der Waals surface area contributed by atoms with Gasteiger partial charge in [0.05, 0.1) is 12.7 Å². The quantitative estimate of drug-likeness (QED) is 0.745. The van der Waals surface area contributed by atoms with Crippen molar-refractivity contribution in [1.29, 1.82) is 0 Å². The van der Waals surface area contributed by atoms with Crippen LogP contribution in [0.2, 0.25) is 5.02 Å². The minimum atomic E-state index is -0.404. The lowest BCUT2D eigenvalue weighted by Crippen LogP contribution is -2.19. The number of methoxy groups -OCH3 is 1. The van der Waals surface area contributed by atoms with Gasteiger partial charge < -0.3 is 9.72 Å². The first kappa shape index (κ1) is 15.3. The van der Waals surface area contributed by atoms with Crippen LogP contribution < -0.4 is 10.3 Å². The van der Waals surface area contributed by atoms with Crippen molar-refractivity contribution in [2.75, 3.05) is 7.11 Å². The number of halogens is 1. The molecule has 0 saturated heterocycles. The van der Waals surface area contributed by atoms with Crippen molar-refractivity contribution in [3.8, 4) is 5.75 Å². The number of Topliss-reactive ketones (excluding diaryl/α,β-unsaturated/α-hetero) is 1. The molecule has 3 aromatic rings. The maximum atomic E-state index is 12.4. The number of carbonyl (C=O) groups excluding carboxylic acids is 1. The Morgan fingerprint density at radius 2 is 1.87 bits per heavy atom. The lowest BCUT2D eigenvalue weighted by atomic mass is 10.0. The van der Waals surface area contributed by atoms with Gasteiger partial charge in [-0.1, -0.05) is 29.8 Å². The summed E-state index contributed by atoms with van der Waals surface area (Å²) in [6.45, 7) is 0. The van der Waals surface area contributed by atoms with Gasteiger partial charge in [0.2, 0.25) is 0 Å². The van der Waals surface area contributed by atoms with Crippen LogP contribution in [0.25, 0.3) is 10.9 Å². The van der Waals surface area contributed by atoms with Gasteiger partial charge in [-0.05, 0) is 41.3 Å². The molecule has 0 aliphatic carbocycles. The van der Waals surface area contributed by atoms with Gasteiger partial charge in [0, 0.05) is 17.0 Å². The molecule has 0 amide bonds. The zero-order valence-corrected chi connectivity index (χ0v) is 13.2. The Kier molecular flexibility index (Phi) is 4.17. The van der Waals surface area contributed by atoms with Gasteiger partial charge in [-0.2, -0.15) is 0 Å². The van der Waals surface area contributed by atoms with E-state index in [0.29, 0.717) is 10.5 Å². The van der Waals surface area contributed by atoms with Crippen LogP contribution in [-0.2, 0) is 6.42 Å². The number of rotatable bonds is 4. The van der Waals surface area contributed by atoms with Crippen molar-refractivity contribution in [1.82, 2.24) is 4.98 Å². The monoisotopic (exact) mass is 327 g/mol. The Hall–Kier alpha value is -2.59. The van der Waals surface area contributed by atoms with Crippen molar-refractivity contribution < 1.29 is 9.53 Å². The van der Waals surface area contributed by atoms with Gasteiger partial charge in [-0.3, -0.25) is 9.59 Å². The highest BCUT2D eigenvalue weighted by Gasteiger charge is 2.13. The number of ether oxygens (including phenoxy) is 1. The van der Waals surface area contributed by atoms with Crippen LogP contribution in [0.5, 0.6) is 5.75 Å². The average molecular weight is 328 g/mol. The summed E-state index contributed by atoms with van der Waals surface area (Å²) >= 11 is 5.91. The van der Waals surface area contributed by atoms with Gasteiger partial charge in [0.15, 0.2) is 5.78 Å². The lowest BCUT2D eigenvalue weighted by molar-refractivity contribution is 0.0991. The van der Waals surface area contributed by atoms with E-state index in [9.17, 15) is 9.59 Å². The highest BCUT2D eigenvalue weighted by atomic mass is 35.5. The van der Waals surface area contributed by atoms with Crippen LogP contribution in [0, 0.1) is 0 Å². The van der Waals surface area contributed by atoms with Crippen LogP contribution in [0.15, 0.2) is 53.3 Å². The predicted octanol–water partition coefficient (Wildman–Crippen LogP) is 3.62. The summed E-state index contributed by atoms with van der Waals surface area (Å²) in [6.07, 6.45) is 0.159. The maximum Gasteiger partial charge on any atom is 0.259 e. The van der Waals surface area contributed by atoms with Gasteiger partial charge >= 0.3 is 0 Å². The summed E-state index contributed by atoms with van der Waals surface area (Å²) in [5, 5.41) is 1.30. The van der Waals surface area contributed by atoms with Crippen molar-refractivity contribution in [3.63, 3.8) is 0 Å². The lowest BCUT2D eigenvalue weighted by Gasteiger charge is -2.05. The molecule has 0 fully saturated rings. The standard InChI is InChI=1S/C18H14ClNO3/c1-23-14-6-2-11(3-7-14)8-17(21)15-9-12-4-5-13(19)10-16(12)20-18(15)22/h2-7,9-10H,8H2,1H3,(H,20,22). The van der Waals surface area contributed by atoms with E-state index in [0.717, 1.165) is 16.7 Å². The molecule has 0 aliphatic heterocycles. The second-order valence-corrected chi connectivity index (χ2v) is 5.63. The summed E-state index contributed by atoms with van der Waals surface area (Å²) in [7, 11) is 1.58. The first-order valence-electron chi connectivity index (χ1n) is 7.05. The first-order chi connectivity index (χ1) is 11.1. The van der Waals surface area contributed by atoms with Crippen LogP contribution in [0.4, 0.5) is 0 Å². The van der Waals surface area contributed by atoms with E-state index in [2.05, 4.69) is 4.98 Å². The zero-order valence-electron chi connectivity index (χ0n) is 12.4. The molecule has 0 spiro atoms. The normalized spacial score (nSPS) is 10.7. The summed E-state index contributed by atoms with van der Waals surface area (Å²) in [6, 6.07) is 14.0. The van der Waals surface area contributed by atoms with E-state index < -0.39 is 5.56 Å². The number of H-pyrrole nitrogens is 1. The number of aromatic amines is 1. The number of carbonyl (C=O) groups is 1. The minimum absolute atomic E-state index is 0.149. The Morgan fingerprint density at radius 1 is 1.13 bits per heavy atom. The Bertz CT molecular complexity index is 929. The SMILES string of the molecule is COc1ccc(CC(=O)c2cc3ccc(Cl)cc3[nH]c2=O)cc1. The molecule has 2 aromatic carbocycles. The average Bonchev–Trinajstić information content (AvgIpc) is 2.54. The highest BCUT2D eigenvalue weighted by molar-refractivity contribution is 6.31. The van der Waals surface area contributed by atoms with E-state index in [4.69, 9.17) is 16.3 Å². The van der Waals surface area contributed by atoms with Crippen LogP contribution in [-0.4, -0.2) is 17.9 Å². The van der Waals surface area contributed by atoms with Gasteiger partial charge in [0.25, 0.3) is 5.56 Å². The van der Waals surface area contributed by atoms with Crippen molar-refractivity contribution in [2.24, 2.45) is 0 Å².